The van der Waals surface area contributed by atoms with Crippen molar-refractivity contribution in [1.82, 2.24) is 0 Å². The van der Waals surface area contributed by atoms with Gasteiger partial charge in [0.25, 0.3) is 0 Å². The highest BCUT2D eigenvalue weighted by Gasteiger charge is 2.31. The summed E-state index contributed by atoms with van der Waals surface area (Å²) >= 11 is 6.01. The van der Waals surface area contributed by atoms with Crippen LogP contribution in [0.1, 0.15) is 26.3 Å². The van der Waals surface area contributed by atoms with Crippen LogP contribution >= 0.6 is 11.6 Å². The van der Waals surface area contributed by atoms with E-state index in [1.54, 1.807) is 0 Å². The molecule has 0 saturated heterocycles. The summed E-state index contributed by atoms with van der Waals surface area (Å²) in [4.78, 5) is 0. The molecule has 0 amide bonds. The van der Waals surface area contributed by atoms with E-state index >= 15 is 0 Å². The molecule has 1 atom stereocenters. The molecule has 0 bridgehead atoms. The minimum atomic E-state index is 0.136. The predicted octanol–water partition coefficient (Wildman–Crippen LogP) is 3.87. The standard InChI is InChI=1S/C13H18ClNO/c1-8-5-9(14)6-10-12(8)16-11(7-15-10)13(2,3)4/h5-6,11,15H,7H2,1-4H3. The van der Waals surface area contributed by atoms with Crippen molar-refractivity contribution in [2.75, 3.05) is 11.9 Å². The molecule has 2 nitrogen and oxygen atoms in total. The molecule has 1 aliphatic heterocycles. The average Bonchev–Trinajstić information content (AvgIpc) is 2.15. The summed E-state index contributed by atoms with van der Waals surface area (Å²) in [5, 5.41) is 4.14. The van der Waals surface area contributed by atoms with Crippen molar-refractivity contribution in [3.05, 3.63) is 22.7 Å². The first kappa shape index (κ1) is 11.6. The first-order valence-corrected chi connectivity index (χ1v) is 5.96. The van der Waals surface area contributed by atoms with Gasteiger partial charge in [-0.15, -0.1) is 0 Å². The summed E-state index contributed by atoms with van der Waals surface area (Å²) in [6.45, 7) is 9.43. The fraction of sp³-hybridized carbons (Fsp3) is 0.538. The third kappa shape index (κ3) is 2.12. The molecule has 1 N–H and O–H groups in total. The number of hydrogen-bond acceptors (Lipinski definition) is 2. The monoisotopic (exact) mass is 239 g/mol. The molecule has 0 radical (unpaired) electrons. The highest BCUT2D eigenvalue weighted by molar-refractivity contribution is 6.31. The maximum absolute atomic E-state index is 6.06. The van der Waals surface area contributed by atoms with Crippen LogP contribution in [0.4, 0.5) is 5.69 Å². The van der Waals surface area contributed by atoms with Crippen molar-refractivity contribution >= 4 is 17.3 Å². The van der Waals surface area contributed by atoms with Crippen LogP contribution in [0.2, 0.25) is 5.02 Å². The number of hydrogen-bond donors (Lipinski definition) is 1. The quantitative estimate of drug-likeness (QED) is 0.742. The molecule has 0 saturated carbocycles. The summed E-state index contributed by atoms with van der Waals surface area (Å²) in [7, 11) is 0. The Hall–Kier alpha value is -0.890. The lowest BCUT2D eigenvalue weighted by molar-refractivity contribution is 0.0915. The molecule has 2 rings (SSSR count). The van der Waals surface area contributed by atoms with Gasteiger partial charge in [-0.2, -0.15) is 0 Å². The van der Waals surface area contributed by atoms with E-state index in [0.717, 1.165) is 28.6 Å². The molecular formula is C13H18ClNO. The van der Waals surface area contributed by atoms with Gasteiger partial charge in [0.2, 0.25) is 0 Å². The molecule has 16 heavy (non-hydrogen) atoms. The number of halogens is 1. The Kier molecular flexibility index (Phi) is 2.79. The molecule has 0 aromatic heterocycles. The van der Waals surface area contributed by atoms with Crippen LogP contribution in [0.15, 0.2) is 12.1 Å². The molecule has 0 spiro atoms. The number of benzene rings is 1. The number of rotatable bonds is 0. The van der Waals surface area contributed by atoms with E-state index in [1.807, 2.05) is 19.1 Å². The van der Waals surface area contributed by atoms with E-state index in [0.29, 0.717) is 0 Å². The molecule has 1 aromatic rings. The van der Waals surface area contributed by atoms with Crippen molar-refractivity contribution in [2.24, 2.45) is 5.41 Å². The maximum Gasteiger partial charge on any atom is 0.145 e. The third-order valence-electron chi connectivity index (χ3n) is 2.94. The van der Waals surface area contributed by atoms with Gasteiger partial charge in [-0.1, -0.05) is 32.4 Å². The number of aryl methyl sites for hydroxylation is 1. The topological polar surface area (TPSA) is 21.3 Å². The number of fused-ring (bicyclic) bond motifs is 1. The first-order valence-electron chi connectivity index (χ1n) is 5.58. The highest BCUT2D eigenvalue weighted by atomic mass is 35.5. The highest BCUT2D eigenvalue weighted by Crippen LogP contribution is 2.38. The van der Waals surface area contributed by atoms with Crippen LogP contribution in [0.5, 0.6) is 5.75 Å². The van der Waals surface area contributed by atoms with Gasteiger partial charge in [-0.3, -0.25) is 0 Å². The average molecular weight is 240 g/mol. The Morgan fingerprint density at radius 2 is 2.06 bits per heavy atom. The van der Waals surface area contributed by atoms with Crippen LogP contribution in [0.3, 0.4) is 0 Å². The Morgan fingerprint density at radius 3 is 2.69 bits per heavy atom. The van der Waals surface area contributed by atoms with Crippen LogP contribution in [0, 0.1) is 12.3 Å². The van der Waals surface area contributed by atoms with Crippen LogP contribution in [-0.4, -0.2) is 12.6 Å². The van der Waals surface area contributed by atoms with E-state index in [9.17, 15) is 0 Å². The lowest BCUT2D eigenvalue weighted by Gasteiger charge is -2.36. The molecule has 0 aliphatic carbocycles. The van der Waals surface area contributed by atoms with Crippen molar-refractivity contribution in [3.63, 3.8) is 0 Å². The third-order valence-corrected chi connectivity index (χ3v) is 3.16. The van der Waals surface area contributed by atoms with E-state index in [2.05, 4.69) is 26.1 Å². The zero-order valence-corrected chi connectivity index (χ0v) is 11.0. The minimum absolute atomic E-state index is 0.136. The molecule has 1 aliphatic rings. The fourth-order valence-corrected chi connectivity index (χ4v) is 2.16. The zero-order valence-electron chi connectivity index (χ0n) is 10.2. The zero-order chi connectivity index (χ0) is 11.9. The van der Waals surface area contributed by atoms with E-state index < -0.39 is 0 Å². The Labute approximate surface area is 102 Å². The maximum atomic E-state index is 6.06. The van der Waals surface area contributed by atoms with Crippen LogP contribution in [-0.2, 0) is 0 Å². The number of ether oxygens (including phenoxy) is 1. The number of nitrogens with one attached hydrogen (secondary N) is 1. The SMILES string of the molecule is Cc1cc(Cl)cc2c1OC(C(C)(C)C)CN2. The van der Waals surface area contributed by atoms with E-state index in [4.69, 9.17) is 16.3 Å². The Bertz CT molecular complexity index is 409. The second kappa shape index (κ2) is 3.85. The van der Waals surface area contributed by atoms with Gasteiger partial charge in [0.15, 0.2) is 0 Å². The van der Waals surface area contributed by atoms with Gasteiger partial charge in [0.1, 0.15) is 11.9 Å². The van der Waals surface area contributed by atoms with Crippen molar-refractivity contribution < 1.29 is 4.74 Å². The summed E-state index contributed by atoms with van der Waals surface area (Å²) in [6.07, 6.45) is 0.194. The molecular weight excluding hydrogens is 222 g/mol. The lowest BCUT2D eigenvalue weighted by Crippen LogP contribution is -2.41. The smallest absolute Gasteiger partial charge is 0.145 e. The van der Waals surface area contributed by atoms with Gasteiger partial charge >= 0.3 is 0 Å². The Morgan fingerprint density at radius 1 is 1.38 bits per heavy atom. The fourth-order valence-electron chi connectivity index (χ4n) is 1.89. The van der Waals surface area contributed by atoms with Crippen molar-refractivity contribution in [1.29, 1.82) is 0 Å². The van der Waals surface area contributed by atoms with Gasteiger partial charge < -0.3 is 10.1 Å². The molecule has 1 aromatic carbocycles. The molecule has 3 heteroatoms. The molecule has 88 valence electrons. The summed E-state index contributed by atoms with van der Waals surface area (Å²) in [5.74, 6) is 0.940. The minimum Gasteiger partial charge on any atom is -0.486 e. The van der Waals surface area contributed by atoms with Crippen LogP contribution < -0.4 is 10.1 Å². The van der Waals surface area contributed by atoms with Gasteiger partial charge in [-0.05, 0) is 24.6 Å². The second-order valence-corrected chi connectivity index (χ2v) is 5.89. The summed E-state index contributed by atoms with van der Waals surface area (Å²) < 4.78 is 6.06. The largest absolute Gasteiger partial charge is 0.486 e. The second-order valence-electron chi connectivity index (χ2n) is 5.45. The van der Waals surface area contributed by atoms with E-state index in [-0.39, 0.29) is 11.5 Å². The molecule has 0 fully saturated rings. The summed E-state index contributed by atoms with van der Waals surface area (Å²) in [5.41, 5.74) is 2.23. The number of anilines is 1. The van der Waals surface area contributed by atoms with Crippen molar-refractivity contribution in [3.8, 4) is 5.75 Å². The summed E-state index contributed by atoms with van der Waals surface area (Å²) in [6, 6.07) is 3.86. The van der Waals surface area contributed by atoms with Gasteiger partial charge in [0.05, 0.1) is 12.2 Å². The molecule has 1 heterocycles. The van der Waals surface area contributed by atoms with E-state index in [1.165, 1.54) is 0 Å². The lowest BCUT2D eigenvalue weighted by atomic mass is 9.88. The normalized spacial score (nSPS) is 19.7. The first-order chi connectivity index (χ1) is 7.38. The van der Waals surface area contributed by atoms with Gasteiger partial charge in [0, 0.05) is 10.4 Å². The predicted molar refractivity (Wildman–Crippen MR) is 68.5 cm³/mol. The molecule has 1 unspecified atom stereocenters. The Balaban J connectivity index is 2.34. The van der Waals surface area contributed by atoms with Gasteiger partial charge in [-0.25, -0.2) is 0 Å². The van der Waals surface area contributed by atoms with Crippen LogP contribution in [0.25, 0.3) is 0 Å². The van der Waals surface area contributed by atoms with Crippen molar-refractivity contribution in [2.45, 2.75) is 33.8 Å².